The van der Waals surface area contributed by atoms with Crippen molar-refractivity contribution < 1.29 is 28.3 Å². The molecule has 3 N–H and O–H groups in total. The zero-order valence-electron chi connectivity index (χ0n) is 14.8. The Balaban J connectivity index is 1.59. The van der Waals surface area contributed by atoms with Gasteiger partial charge < -0.3 is 19.2 Å². The van der Waals surface area contributed by atoms with Gasteiger partial charge in [0.25, 0.3) is 17.7 Å². The third kappa shape index (κ3) is 4.20. The normalized spacial score (nSPS) is 13.1. The van der Waals surface area contributed by atoms with Gasteiger partial charge in [-0.15, -0.1) is 0 Å². The molecule has 1 atom stereocenters. The van der Waals surface area contributed by atoms with Gasteiger partial charge in [0.2, 0.25) is 6.79 Å². The number of amides is 3. The molecule has 0 saturated heterocycles. The molecule has 1 aromatic carbocycles. The average Bonchev–Trinajstić information content (AvgIpc) is 3.34. The van der Waals surface area contributed by atoms with Crippen LogP contribution in [0.5, 0.6) is 11.5 Å². The molecule has 27 heavy (non-hydrogen) atoms. The van der Waals surface area contributed by atoms with Gasteiger partial charge in [-0.2, -0.15) is 0 Å². The van der Waals surface area contributed by atoms with Gasteiger partial charge in [-0.1, -0.05) is 13.8 Å². The Morgan fingerprint density at radius 2 is 1.78 bits per heavy atom. The summed E-state index contributed by atoms with van der Waals surface area (Å²) in [6.07, 6.45) is 1.37. The highest BCUT2D eigenvalue weighted by Crippen LogP contribution is 2.32. The summed E-state index contributed by atoms with van der Waals surface area (Å²) in [4.78, 5) is 36.7. The molecular formula is C18H19N3O6. The Morgan fingerprint density at radius 1 is 1.00 bits per heavy atom. The van der Waals surface area contributed by atoms with Gasteiger partial charge in [-0.25, -0.2) is 0 Å². The van der Waals surface area contributed by atoms with Crippen LogP contribution in [0.1, 0.15) is 34.8 Å². The van der Waals surface area contributed by atoms with Crippen molar-refractivity contribution in [3.05, 3.63) is 47.9 Å². The number of carbonyl (C=O) groups excluding carboxylic acids is 3. The van der Waals surface area contributed by atoms with Crippen LogP contribution in [-0.2, 0) is 4.79 Å². The molecule has 0 saturated carbocycles. The molecule has 9 nitrogen and oxygen atoms in total. The third-order valence-electron chi connectivity index (χ3n) is 3.91. The number of fused-ring (bicyclic) bond motifs is 1. The highest BCUT2D eigenvalue weighted by atomic mass is 16.7. The van der Waals surface area contributed by atoms with Crippen LogP contribution in [0.15, 0.2) is 41.0 Å². The summed E-state index contributed by atoms with van der Waals surface area (Å²) in [5.74, 6) is -0.712. The van der Waals surface area contributed by atoms with E-state index in [0.717, 1.165) is 0 Å². The van der Waals surface area contributed by atoms with Gasteiger partial charge in [0.15, 0.2) is 17.3 Å². The average molecular weight is 373 g/mol. The molecule has 1 aromatic heterocycles. The molecule has 0 aliphatic carbocycles. The van der Waals surface area contributed by atoms with Crippen LogP contribution < -0.4 is 25.6 Å². The van der Waals surface area contributed by atoms with Crippen molar-refractivity contribution in [1.29, 1.82) is 0 Å². The minimum atomic E-state index is -0.861. The molecule has 2 aromatic rings. The summed E-state index contributed by atoms with van der Waals surface area (Å²) in [5.41, 5.74) is 4.94. The van der Waals surface area contributed by atoms with Gasteiger partial charge in [0.1, 0.15) is 6.04 Å². The van der Waals surface area contributed by atoms with Crippen molar-refractivity contribution in [1.82, 2.24) is 16.2 Å². The molecule has 2 heterocycles. The van der Waals surface area contributed by atoms with Gasteiger partial charge in [-0.3, -0.25) is 25.2 Å². The summed E-state index contributed by atoms with van der Waals surface area (Å²) < 4.78 is 15.4. The summed E-state index contributed by atoms with van der Waals surface area (Å²) in [7, 11) is 0. The summed E-state index contributed by atoms with van der Waals surface area (Å²) in [6, 6.07) is 6.88. The molecule has 3 rings (SSSR count). The van der Waals surface area contributed by atoms with E-state index in [9.17, 15) is 14.4 Å². The monoisotopic (exact) mass is 373 g/mol. The molecular weight excluding hydrogens is 354 g/mol. The first kappa shape index (κ1) is 18.3. The predicted molar refractivity (Wildman–Crippen MR) is 93.0 cm³/mol. The maximum atomic E-state index is 12.4. The summed E-state index contributed by atoms with van der Waals surface area (Å²) in [6.45, 7) is 3.64. The van der Waals surface area contributed by atoms with E-state index < -0.39 is 23.8 Å². The smallest absolute Gasteiger partial charge is 0.287 e. The third-order valence-corrected chi connectivity index (χ3v) is 3.91. The van der Waals surface area contributed by atoms with E-state index in [1.165, 1.54) is 18.4 Å². The lowest BCUT2D eigenvalue weighted by Gasteiger charge is -2.21. The molecule has 0 spiro atoms. The minimum Gasteiger partial charge on any atom is -0.459 e. The first-order valence-electron chi connectivity index (χ1n) is 8.30. The molecule has 3 amide bonds. The number of furan rings is 1. The van der Waals surface area contributed by atoms with E-state index in [1.807, 2.05) is 0 Å². The van der Waals surface area contributed by atoms with Crippen LogP contribution in [0.2, 0.25) is 0 Å². The van der Waals surface area contributed by atoms with E-state index in [0.29, 0.717) is 17.1 Å². The number of nitrogens with one attached hydrogen (secondary N) is 3. The lowest BCUT2D eigenvalue weighted by Crippen LogP contribution is -2.54. The van der Waals surface area contributed by atoms with Crippen molar-refractivity contribution in [3.63, 3.8) is 0 Å². The van der Waals surface area contributed by atoms with Gasteiger partial charge in [-0.05, 0) is 36.2 Å². The number of hydrogen-bond acceptors (Lipinski definition) is 6. The maximum Gasteiger partial charge on any atom is 0.287 e. The van der Waals surface area contributed by atoms with Crippen molar-refractivity contribution in [2.24, 2.45) is 5.92 Å². The van der Waals surface area contributed by atoms with Gasteiger partial charge in [0, 0.05) is 5.56 Å². The Morgan fingerprint density at radius 3 is 2.48 bits per heavy atom. The standard InChI is InChI=1S/C18H19N3O6/c1-10(2)15(19-17(23)13-4-3-7-25-13)18(24)21-20-16(22)11-5-6-12-14(8-11)27-9-26-12/h3-8,10,15H,9H2,1-2H3,(H,19,23)(H,20,22)(H,21,24)/t15-/m0/s1. The van der Waals surface area contributed by atoms with Crippen LogP contribution in [0.3, 0.4) is 0 Å². The molecule has 1 aliphatic rings. The van der Waals surface area contributed by atoms with Crippen molar-refractivity contribution in [2.75, 3.05) is 6.79 Å². The Bertz CT molecular complexity index is 847. The topological polar surface area (TPSA) is 119 Å². The second kappa shape index (κ2) is 7.81. The molecule has 9 heteroatoms. The first-order valence-corrected chi connectivity index (χ1v) is 8.30. The molecule has 142 valence electrons. The van der Waals surface area contributed by atoms with Crippen LogP contribution in [0.4, 0.5) is 0 Å². The molecule has 0 radical (unpaired) electrons. The van der Waals surface area contributed by atoms with Gasteiger partial charge in [0.05, 0.1) is 6.26 Å². The fourth-order valence-electron chi connectivity index (χ4n) is 2.46. The largest absolute Gasteiger partial charge is 0.459 e. The Hall–Kier alpha value is -3.49. The van der Waals surface area contributed by atoms with Crippen molar-refractivity contribution in [2.45, 2.75) is 19.9 Å². The highest BCUT2D eigenvalue weighted by Gasteiger charge is 2.26. The molecule has 1 aliphatic heterocycles. The Labute approximate surface area is 155 Å². The van der Waals surface area contributed by atoms with Crippen molar-refractivity contribution in [3.8, 4) is 11.5 Å². The highest BCUT2D eigenvalue weighted by molar-refractivity contribution is 5.98. The van der Waals surface area contributed by atoms with E-state index >= 15 is 0 Å². The van der Waals surface area contributed by atoms with Crippen LogP contribution in [0.25, 0.3) is 0 Å². The first-order chi connectivity index (χ1) is 13.0. The van der Waals surface area contributed by atoms with E-state index in [2.05, 4.69) is 16.2 Å². The van der Waals surface area contributed by atoms with Crippen LogP contribution >= 0.6 is 0 Å². The predicted octanol–water partition coefficient (Wildman–Crippen LogP) is 1.22. The second-order valence-electron chi connectivity index (χ2n) is 6.18. The number of rotatable bonds is 5. The summed E-state index contributed by atoms with van der Waals surface area (Å²) in [5, 5.41) is 2.58. The number of ether oxygens (including phenoxy) is 2. The van der Waals surface area contributed by atoms with Crippen LogP contribution in [-0.4, -0.2) is 30.6 Å². The molecule has 0 bridgehead atoms. The van der Waals surface area contributed by atoms with Crippen molar-refractivity contribution >= 4 is 17.7 Å². The van der Waals surface area contributed by atoms with E-state index in [4.69, 9.17) is 13.9 Å². The molecule has 0 unspecified atom stereocenters. The lowest BCUT2D eigenvalue weighted by molar-refractivity contribution is -0.124. The maximum absolute atomic E-state index is 12.4. The Kier molecular flexibility index (Phi) is 5.30. The zero-order chi connectivity index (χ0) is 19.4. The fraction of sp³-hybridized carbons (Fsp3) is 0.278. The minimum absolute atomic E-state index is 0.0952. The number of benzene rings is 1. The number of hydrazine groups is 1. The number of carbonyl (C=O) groups is 3. The summed E-state index contributed by atoms with van der Waals surface area (Å²) >= 11 is 0. The quantitative estimate of drug-likeness (QED) is 0.678. The van der Waals surface area contributed by atoms with E-state index in [-0.39, 0.29) is 18.5 Å². The lowest BCUT2D eigenvalue weighted by atomic mass is 10.0. The zero-order valence-corrected chi connectivity index (χ0v) is 14.8. The SMILES string of the molecule is CC(C)[C@H](NC(=O)c1ccco1)C(=O)NNC(=O)c1ccc2c(c1)OCO2. The second-order valence-corrected chi connectivity index (χ2v) is 6.18. The van der Waals surface area contributed by atoms with Gasteiger partial charge >= 0.3 is 0 Å². The fourth-order valence-corrected chi connectivity index (χ4v) is 2.46. The number of hydrogen-bond donors (Lipinski definition) is 3. The van der Waals surface area contributed by atoms with Crippen LogP contribution in [0, 0.1) is 5.92 Å². The van der Waals surface area contributed by atoms with E-state index in [1.54, 1.807) is 32.0 Å². The molecule has 0 fully saturated rings.